The molecule has 4 aliphatic heterocycles. The van der Waals surface area contributed by atoms with Crippen LogP contribution in [0.25, 0.3) is 0 Å². The number of carbonyl (C=O) groups excluding carboxylic acids is 1. The van der Waals surface area contributed by atoms with Gasteiger partial charge in [0.2, 0.25) is 0 Å². The van der Waals surface area contributed by atoms with Crippen LogP contribution in [0.1, 0.15) is 52.2 Å². The Morgan fingerprint density at radius 1 is 0.357 bits per heavy atom. The number of carboxylic acid groups (broad SMARTS) is 1. The van der Waals surface area contributed by atoms with Crippen molar-refractivity contribution in [2.45, 2.75) is 286 Å². The molecule has 47 N–H and O–H groups in total. The van der Waals surface area contributed by atoms with E-state index < -0.39 is 295 Å². The van der Waals surface area contributed by atoms with Crippen LogP contribution in [-0.4, -0.2) is 540 Å². The molecule has 0 amide bonds. The lowest BCUT2D eigenvalue weighted by atomic mass is 9.96. The zero-order valence-corrected chi connectivity index (χ0v) is 61.6. The van der Waals surface area contributed by atoms with Crippen molar-refractivity contribution in [3.8, 4) is 0 Å². The number of rotatable bonds is 28. The first-order valence-electron chi connectivity index (χ1n) is 33.4. The molecule has 0 aromatic carbocycles. The summed E-state index contributed by atoms with van der Waals surface area (Å²) in [5.74, 6) is -2.72. The normalized spacial score (nSPS) is 32.6. The van der Waals surface area contributed by atoms with Crippen molar-refractivity contribution >= 4 is 11.8 Å². The molecule has 39 atom stereocenters. The van der Waals surface area contributed by atoms with E-state index in [2.05, 4.69) is 11.3 Å². The average molecular weight is 1680 g/mol. The van der Waals surface area contributed by atoms with Crippen LogP contribution in [0.3, 0.4) is 0 Å². The Balaban J connectivity index is -0.000000134. The summed E-state index contributed by atoms with van der Waals surface area (Å²) in [6.45, 7) is 6.90. The third-order valence-electron chi connectivity index (χ3n) is 16.2. The summed E-state index contributed by atoms with van der Waals surface area (Å²) in [6.07, 6.45) is -50.3. The van der Waals surface area contributed by atoms with Gasteiger partial charge >= 0.3 is 5.97 Å². The smallest absolute Gasteiger partial charge is 0.335 e. The monoisotopic (exact) mass is 1680 g/mol. The highest BCUT2D eigenvalue weighted by molar-refractivity contribution is 5.83. The van der Waals surface area contributed by atoms with Gasteiger partial charge in [0.1, 0.15) is 207 Å². The number of aliphatic carboxylic acids is 1. The number of Topliss-reactive ketones (excluding diaryl/α,β-unsaturated/α-hetero) is 1. The molecule has 4 aliphatic rings. The number of aliphatic hydroxyl groups excluding tert-OH is 42. The van der Waals surface area contributed by atoms with Gasteiger partial charge in [-0.3, -0.25) is 4.79 Å². The summed E-state index contributed by atoms with van der Waals surface area (Å²) >= 11 is 0. The topological polar surface area (TPSA) is 1000 Å². The summed E-state index contributed by atoms with van der Waals surface area (Å²) in [7, 11) is 0. The van der Waals surface area contributed by atoms with E-state index in [9.17, 15) is 55.5 Å². The Kier molecular flexibility index (Phi) is 69.1. The van der Waals surface area contributed by atoms with Crippen LogP contribution in [0.2, 0.25) is 0 Å². The Bertz CT molecular complexity index is 2200. The number of aliphatic hydroxyl groups is 42. The number of carboxylic acids is 1. The quantitative estimate of drug-likeness (QED) is 0.0255. The molecule has 4 saturated heterocycles. The first kappa shape index (κ1) is 122. The Labute approximate surface area is 644 Å². The molecule has 51 nitrogen and oxygen atoms in total. The van der Waals surface area contributed by atoms with E-state index in [0.717, 1.165) is 6.08 Å². The number of allylic oxidation sites excluding steroid dienone is 1. The second-order valence-electron chi connectivity index (χ2n) is 24.7. The predicted molar refractivity (Wildman–Crippen MR) is 373 cm³/mol. The zero-order chi connectivity index (χ0) is 87.6. The number of hydrogen-bond donors (Lipinski definition) is 43. The lowest BCUT2D eigenvalue weighted by Crippen LogP contribution is -2.58. The summed E-state index contributed by atoms with van der Waals surface area (Å²) in [6, 6.07) is 0. The largest absolute Gasteiger partial charge is 0.510 e. The molecule has 684 valence electrons. The first-order valence-corrected chi connectivity index (χ1v) is 33.4. The standard InChI is InChI=1S/C7H16O6.6C7H14O5.C6H12O7.C6H12O6.2H2O.3H2/c1-3(9)5(11)7(13)6(12)4(10)2-8;3*1-3-5(9)7(11)6(10)4(2-8)12-3;3*1-2-4(9)6(11)7(12)5(10)3-8;7-1-2(8)3(9)4(10)5(11)6(12)13;7-1-2-3(8)4(9)5(10)6(11)12-2;;;;;/h3-13H,2H2,1H3;3*3-11H,2H2,1H3;5-8,10-12H,2-3H2,1H3;2,5-12H,3H2,1H3;2,4-12H,1,3H2;2-5,7-11H,1H2,(H,12,13);2-11H,1H2;2*1H2;3*1H/b;;;;;4-2-;;;;;;;;/t4*3?,4?,5-,6?,7-;2*5?,6-,7?;4-,5?,6-,7?;2?,3?,4-,5-;2?,3?,4-,5-,6?;;;;;/m111111100...../s1. The lowest BCUT2D eigenvalue weighted by molar-refractivity contribution is -0.286. The maximum Gasteiger partial charge on any atom is 0.335 e. The molecule has 0 aromatic heterocycles. The van der Waals surface area contributed by atoms with E-state index in [1.54, 1.807) is 20.8 Å². The highest BCUT2D eigenvalue weighted by Gasteiger charge is 2.45. The van der Waals surface area contributed by atoms with Gasteiger partial charge in [-0.2, -0.15) is 0 Å². The molecular weight excluding hydrogens is 1550 g/mol. The highest BCUT2D eigenvalue weighted by Crippen LogP contribution is 2.24. The molecule has 51 heteroatoms. The SMILES string of the molecule is C/C=C(\O)[C@@H](O)C(O)C(O)CO.C=C[C@@H](O)[C@@H](O)C(O)C(O)CO.CC(O)[C@@H](O)[C@@H](O)C(O)C(O)CO.CC1OC(CO)C(O)[C@H](O)[C@@H]1O.CC1OC(CO)C(O)[C@H](O)[C@@H]1O.CC1OC(CO)C(O)[C@H](O)[C@@H]1O.CCC(=O)[C@@H](O)C(O)C(O)CO.O.O.O=C(O)[C@@H](O)[C@@H](O)C(O)C(O)CO.OCC1OC(O)[C@@H](O)[C@@H](O)C1O.[HH].[HH].[HH]. The van der Waals surface area contributed by atoms with E-state index in [4.69, 9.17) is 188 Å². The van der Waals surface area contributed by atoms with Gasteiger partial charge in [0.05, 0.1) is 83.9 Å². The minimum atomic E-state index is -2.20. The number of ketones is 1. The van der Waals surface area contributed by atoms with Crippen LogP contribution in [-0.2, 0) is 28.5 Å². The fraction of sp³-hybridized carbons (Fsp3) is 0.902. The van der Waals surface area contributed by atoms with E-state index in [1.165, 1.54) is 26.8 Å². The molecule has 0 aliphatic carbocycles. The van der Waals surface area contributed by atoms with Gasteiger partial charge in [-0.1, -0.05) is 13.0 Å². The maximum atomic E-state index is 10.8. The minimum absolute atomic E-state index is 0. The number of hydrogen-bond acceptors (Lipinski definition) is 48. The Morgan fingerprint density at radius 2 is 0.616 bits per heavy atom. The van der Waals surface area contributed by atoms with E-state index in [-0.39, 0.29) is 41.5 Å². The van der Waals surface area contributed by atoms with Gasteiger partial charge < -0.3 is 249 Å². The molecule has 4 rings (SSSR count). The molecule has 4 fully saturated rings. The molecule has 112 heavy (non-hydrogen) atoms. The van der Waals surface area contributed by atoms with Crippen molar-refractivity contribution in [2.24, 2.45) is 0 Å². The van der Waals surface area contributed by atoms with Crippen LogP contribution >= 0.6 is 0 Å². The van der Waals surface area contributed by atoms with Crippen molar-refractivity contribution < 1.29 is 263 Å². The second-order valence-corrected chi connectivity index (χ2v) is 24.7. The number of carbonyl (C=O) groups is 2. The summed E-state index contributed by atoms with van der Waals surface area (Å²) < 4.78 is 19.6. The van der Waals surface area contributed by atoms with E-state index in [0.29, 0.717) is 0 Å². The van der Waals surface area contributed by atoms with Gasteiger partial charge in [-0.05, 0) is 40.7 Å². The van der Waals surface area contributed by atoms with Crippen LogP contribution in [0, 0.1) is 0 Å². The Hall–Kier alpha value is -3.46. The molecule has 0 spiro atoms. The third-order valence-corrected chi connectivity index (χ3v) is 16.2. The van der Waals surface area contributed by atoms with E-state index >= 15 is 0 Å². The summed E-state index contributed by atoms with van der Waals surface area (Å²) in [5.41, 5.74) is 0. The highest BCUT2D eigenvalue weighted by atomic mass is 16.6. The van der Waals surface area contributed by atoms with Gasteiger partial charge in [0.25, 0.3) is 0 Å². The van der Waals surface area contributed by atoms with Gasteiger partial charge in [-0.25, -0.2) is 4.79 Å². The van der Waals surface area contributed by atoms with E-state index in [1.807, 2.05) is 0 Å². The maximum absolute atomic E-state index is 10.8. The van der Waals surface area contributed by atoms with Crippen molar-refractivity contribution in [1.29, 1.82) is 0 Å². The average Bonchev–Trinajstić information content (AvgIpc) is 0.836. The molecule has 23 unspecified atom stereocenters. The molecule has 0 aromatic rings. The van der Waals surface area contributed by atoms with Gasteiger partial charge in [0, 0.05) is 10.7 Å². The van der Waals surface area contributed by atoms with Crippen LogP contribution in [0.15, 0.2) is 24.5 Å². The summed E-state index contributed by atoms with van der Waals surface area (Å²) in [5, 5.41) is 383. The third kappa shape index (κ3) is 41.8. The van der Waals surface area contributed by atoms with Crippen LogP contribution in [0.4, 0.5) is 0 Å². The zero-order valence-electron chi connectivity index (χ0n) is 61.6. The molecule has 0 saturated carbocycles. The molecule has 0 radical (unpaired) electrons. The Morgan fingerprint density at radius 3 is 0.866 bits per heavy atom. The molecule has 4 heterocycles. The number of ether oxygens (including phenoxy) is 4. The van der Waals surface area contributed by atoms with Crippen LogP contribution in [0.5, 0.6) is 0 Å². The van der Waals surface area contributed by atoms with Crippen molar-refractivity contribution in [3.63, 3.8) is 0 Å². The molecule has 0 bridgehead atoms. The first-order chi connectivity index (χ1) is 50.7. The fourth-order valence-corrected chi connectivity index (χ4v) is 8.49. The van der Waals surface area contributed by atoms with Crippen LogP contribution < -0.4 is 0 Å². The lowest BCUT2D eigenvalue weighted by Gasteiger charge is -2.38. The van der Waals surface area contributed by atoms with Crippen molar-refractivity contribution in [2.75, 3.05) is 59.5 Å². The van der Waals surface area contributed by atoms with Gasteiger partial charge in [-0.15, -0.1) is 6.58 Å². The van der Waals surface area contributed by atoms with Crippen molar-refractivity contribution in [3.05, 3.63) is 24.5 Å². The predicted octanol–water partition coefficient (Wildman–Crippen LogP) is -23.1. The molecular formula is C61H134O51. The van der Waals surface area contributed by atoms with Gasteiger partial charge in [0.15, 0.2) is 18.2 Å². The summed E-state index contributed by atoms with van der Waals surface area (Å²) in [4.78, 5) is 20.9. The fourth-order valence-electron chi connectivity index (χ4n) is 8.49. The second kappa shape index (κ2) is 63.6. The minimum Gasteiger partial charge on any atom is -0.510 e. The van der Waals surface area contributed by atoms with Crippen molar-refractivity contribution in [1.82, 2.24) is 0 Å².